The molecule has 0 aromatic carbocycles. The van der Waals surface area contributed by atoms with Crippen molar-refractivity contribution in [3.8, 4) is 0 Å². The summed E-state index contributed by atoms with van der Waals surface area (Å²) in [6.45, 7) is 0.525. The van der Waals surface area contributed by atoms with E-state index in [9.17, 15) is 14.4 Å². The van der Waals surface area contributed by atoms with Gasteiger partial charge in [0.25, 0.3) is 0 Å². The smallest absolute Gasteiger partial charge is 0.243 e. The first-order chi connectivity index (χ1) is 9.97. The van der Waals surface area contributed by atoms with E-state index in [4.69, 9.17) is 2.74 Å². The quantitative estimate of drug-likeness (QED) is 0.674. The summed E-state index contributed by atoms with van der Waals surface area (Å²) in [5.41, 5.74) is 0. The minimum Gasteiger partial charge on any atom is -0.540 e. The van der Waals surface area contributed by atoms with Gasteiger partial charge in [0.1, 0.15) is 6.04 Å². The van der Waals surface area contributed by atoms with Gasteiger partial charge in [0.05, 0.1) is 6.54 Å². The van der Waals surface area contributed by atoms with Crippen LogP contribution in [0.3, 0.4) is 0 Å². The third-order valence-electron chi connectivity index (χ3n) is 3.54. The molecular weight excluding hydrogens is 335 g/mol. The largest absolute Gasteiger partial charge is 0.540 e. The van der Waals surface area contributed by atoms with Gasteiger partial charge in [-0.15, -0.1) is 0 Å². The summed E-state index contributed by atoms with van der Waals surface area (Å²) in [6, 6.07) is -1.40. The standard InChI is InChI=1S/C13H20N3O3.Y/c1-14-8-12(18)16-7-3-5-11(16)13(19)15-6-2-4-10(15)9-17;/h10-11,14H,2-8H2,1H3;/q-1;/i2T,3T;. The van der Waals surface area contributed by atoms with Crippen molar-refractivity contribution in [1.82, 2.24) is 15.1 Å². The molecule has 2 rings (SSSR count). The fourth-order valence-electron chi connectivity index (χ4n) is 2.56. The average Bonchev–Trinajstić information content (AvgIpc) is 3.01. The Hall–Kier alpha value is -0.326. The number of nitrogens with one attached hydrogen (secondary N) is 1. The van der Waals surface area contributed by atoms with Crippen molar-refractivity contribution in [2.24, 2.45) is 0 Å². The number of hydrogen-bond acceptors (Lipinski definition) is 4. The molecule has 4 atom stereocenters. The molecule has 0 spiro atoms. The second-order valence-electron chi connectivity index (χ2n) is 4.77. The van der Waals surface area contributed by atoms with Crippen LogP contribution in [0.1, 0.15) is 28.4 Å². The molecular formula is C13H20N3O3Y-. The van der Waals surface area contributed by atoms with Gasteiger partial charge in [0.2, 0.25) is 11.8 Å². The van der Waals surface area contributed by atoms with Gasteiger partial charge in [-0.25, -0.2) is 6.29 Å². The molecule has 109 valence electrons. The van der Waals surface area contributed by atoms with Gasteiger partial charge in [-0.05, 0) is 26.3 Å². The molecule has 2 heterocycles. The molecule has 7 heteroatoms. The van der Waals surface area contributed by atoms with Crippen molar-refractivity contribution in [2.75, 3.05) is 26.7 Å². The zero-order chi connectivity index (χ0) is 15.6. The third kappa shape index (κ3) is 3.65. The van der Waals surface area contributed by atoms with Crippen LogP contribution < -0.4 is 5.32 Å². The van der Waals surface area contributed by atoms with Gasteiger partial charge in [-0.3, -0.25) is 9.59 Å². The monoisotopic (exact) mass is 359 g/mol. The number of likely N-dealkylation sites (N-methyl/N-ethyl adjacent to an activating group) is 1. The van der Waals surface area contributed by atoms with Crippen LogP contribution in [0.5, 0.6) is 0 Å². The fourth-order valence-corrected chi connectivity index (χ4v) is 2.56. The summed E-state index contributed by atoms with van der Waals surface area (Å²) in [5, 5.41) is 2.75. The summed E-state index contributed by atoms with van der Waals surface area (Å²) < 4.78 is 15.5. The van der Waals surface area contributed by atoms with E-state index in [1.807, 2.05) is 0 Å². The van der Waals surface area contributed by atoms with Crippen LogP contribution in [0.25, 0.3) is 0 Å². The van der Waals surface area contributed by atoms with Crippen LogP contribution in [0.4, 0.5) is 0 Å². The predicted octanol–water partition coefficient (Wildman–Crippen LogP) is -0.705. The van der Waals surface area contributed by atoms with Crippen LogP contribution in [0.2, 0.25) is 0 Å². The van der Waals surface area contributed by atoms with Gasteiger partial charge < -0.3 is 19.9 Å². The third-order valence-corrected chi connectivity index (χ3v) is 3.54. The molecule has 0 aromatic rings. The maximum absolute atomic E-state index is 12.6. The van der Waals surface area contributed by atoms with Gasteiger partial charge in [0.15, 0.2) is 0 Å². The van der Waals surface area contributed by atoms with Crippen molar-refractivity contribution in [1.29, 1.82) is 0 Å². The summed E-state index contributed by atoms with van der Waals surface area (Å²) in [4.78, 5) is 38.3. The number of likely N-dealkylation sites (tertiary alicyclic amines) is 2. The molecule has 0 aromatic heterocycles. The topological polar surface area (TPSA) is 69.7 Å². The molecule has 1 N–H and O–H groups in total. The zero-order valence-electron chi connectivity index (χ0n) is 13.5. The van der Waals surface area contributed by atoms with Crippen molar-refractivity contribution in [3.05, 3.63) is 0 Å². The molecule has 2 fully saturated rings. The number of rotatable bonds is 4. The van der Waals surface area contributed by atoms with E-state index in [0.717, 1.165) is 0 Å². The van der Waals surface area contributed by atoms with Crippen molar-refractivity contribution < 1.29 is 49.8 Å². The molecule has 4 unspecified atom stereocenters. The number of hydrogen-bond donors (Lipinski definition) is 1. The maximum atomic E-state index is 12.6. The Morgan fingerprint density at radius 1 is 1.30 bits per heavy atom. The molecule has 2 amide bonds. The molecule has 0 saturated carbocycles. The van der Waals surface area contributed by atoms with Crippen LogP contribution in [-0.4, -0.2) is 66.7 Å². The van der Waals surface area contributed by atoms with E-state index in [1.165, 1.54) is 9.80 Å². The van der Waals surface area contributed by atoms with Gasteiger partial charge in [-0.1, -0.05) is 12.5 Å². The summed E-state index contributed by atoms with van der Waals surface area (Å²) >= 11 is 0. The van der Waals surface area contributed by atoms with E-state index in [-0.39, 0.29) is 77.0 Å². The minimum atomic E-state index is -0.703. The first-order valence-corrected chi connectivity index (χ1v) is 6.44. The zero-order valence-corrected chi connectivity index (χ0v) is 14.4. The average molecular weight is 359 g/mol. The number of nitrogens with zero attached hydrogens (tertiary/aromatic N) is 2. The molecule has 2 aliphatic rings. The molecule has 20 heavy (non-hydrogen) atoms. The molecule has 0 bridgehead atoms. The first-order valence-electron chi connectivity index (χ1n) is 7.60. The minimum absolute atomic E-state index is 0. The molecule has 1 radical (unpaired) electrons. The van der Waals surface area contributed by atoms with Crippen LogP contribution in [-0.2, 0) is 47.1 Å². The summed E-state index contributed by atoms with van der Waals surface area (Å²) in [7, 11) is 1.64. The van der Waals surface area contributed by atoms with E-state index in [0.29, 0.717) is 0 Å². The fraction of sp³-hybridized carbons (Fsp3) is 0.769. The Labute approximate surface area is 147 Å². The molecule has 6 nitrogen and oxygen atoms in total. The van der Waals surface area contributed by atoms with Crippen LogP contribution in [0, 0.1) is 0 Å². The second-order valence-corrected chi connectivity index (χ2v) is 4.77. The molecule has 0 aliphatic carbocycles. The van der Waals surface area contributed by atoms with Crippen LogP contribution in [0.15, 0.2) is 0 Å². The number of carbonyl (C=O) groups excluding carboxylic acids is 3. The van der Waals surface area contributed by atoms with Gasteiger partial charge in [0, 0.05) is 48.5 Å². The normalized spacial score (nSPS) is 34.2. The van der Waals surface area contributed by atoms with E-state index < -0.39 is 24.9 Å². The molecule has 2 saturated heterocycles. The second kappa shape index (κ2) is 8.20. The predicted molar refractivity (Wildman–Crippen MR) is 69.1 cm³/mol. The Kier molecular flexibility index (Phi) is 5.99. The van der Waals surface area contributed by atoms with Crippen molar-refractivity contribution >= 4 is 18.1 Å². The Balaban J connectivity index is 0.00000242. The molecule has 2 aliphatic heterocycles. The maximum Gasteiger partial charge on any atom is 0.243 e. The van der Waals surface area contributed by atoms with E-state index >= 15 is 0 Å². The van der Waals surface area contributed by atoms with Gasteiger partial charge >= 0.3 is 0 Å². The van der Waals surface area contributed by atoms with Crippen LogP contribution >= 0.6 is 0 Å². The van der Waals surface area contributed by atoms with E-state index in [2.05, 4.69) is 5.32 Å². The number of amides is 2. The summed E-state index contributed by atoms with van der Waals surface area (Å²) in [5.74, 6) is -0.559. The van der Waals surface area contributed by atoms with Crippen molar-refractivity contribution in [3.63, 3.8) is 0 Å². The Morgan fingerprint density at radius 3 is 2.60 bits per heavy atom. The summed E-state index contributed by atoms with van der Waals surface area (Å²) in [6.07, 6.45) is 1.38. The first kappa shape index (κ1) is 14.6. The SMILES string of the molecule is [3H]C1CC([C-]=O)N(C(=O)C2CC([3H])CN2C(=O)CNC)C1.[Y]. The Bertz CT molecular complexity index is 441. The van der Waals surface area contributed by atoms with Gasteiger partial charge in [-0.2, -0.15) is 0 Å². The van der Waals surface area contributed by atoms with E-state index in [1.54, 1.807) is 13.3 Å². The number of carbonyl (C=O) groups is 2. The van der Waals surface area contributed by atoms with Crippen molar-refractivity contribution in [2.45, 2.75) is 37.7 Å². The Morgan fingerprint density at radius 2 is 1.95 bits per heavy atom.